The van der Waals surface area contributed by atoms with Crippen LogP contribution in [0.1, 0.15) is 6.92 Å². The van der Waals surface area contributed by atoms with Crippen molar-refractivity contribution in [1.82, 2.24) is 19.8 Å². The number of rotatable bonds is 5. The smallest absolute Gasteiger partial charge is 0.261 e. The van der Waals surface area contributed by atoms with Gasteiger partial charge in [-0.25, -0.2) is 8.42 Å². The van der Waals surface area contributed by atoms with Crippen molar-refractivity contribution in [1.29, 1.82) is 0 Å². The third-order valence-corrected chi connectivity index (χ3v) is 5.48. The number of aromatic nitrogens is 4. The maximum atomic E-state index is 12.6. The van der Waals surface area contributed by atoms with Crippen LogP contribution in [0.4, 0.5) is 11.4 Å². The van der Waals surface area contributed by atoms with Gasteiger partial charge in [0.25, 0.3) is 10.0 Å². The number of hydrogen-bond donors (Lipinski definition) is 2. The third-order valence-electron chi connectivity index (χ3n) is 4.08. The summed E-state index contributed by atoms with van der Waals surface area (Å²) in [7, 11) is -3.76. The molecule has 2 heterocycles. The highest BCUT2D eigenvalue weighted by Crippen LogP contribution is 2.22. The van der Waals surface area contributed by atoms with E-state index < -0.39 is 10.0 Å². The monoisotopic (exact) mass is 408 g/mol. The number of carbonyl (C=O) groups excluding carboxylic acids is 1. The molecule has 0 aliphatic carbocycles. The molecule has 0 fully saturated rings. The lowest BCUT2D eigenvalue weighted by Gasteiger charge is -2.10. The highest BCUT2D eigenvalue weighted by atomic mass is 32.2. The van der Waals surface area contributed by atoms with Crippen LogP contribution in [-0.2, 0) is 14.8 Å². The first-order valence-corrected chi connectivity index (χ1v) is 10.1. The van der Waals surface area contributed by atoms with E-state index in [1.807, 2.05) is 6.07 Å². The van der Waals surface area contributed by atoms with Crippen molar-refractivity contribution in [3.05, 3.63) is 67.0 Å². The van der Waals surface area contributed by atoms with Crippen molar-refractivity contribution in [3.63, 3.8) is 0 Å². The summed E-state index contributed by atoms with van der Waals surface area (Å²) in [6.45, 7) is 1.38. The van der Waals surface area contributed by atoms with Crippen LogP contribution in [-0.4, -0.2) is 34.1 Å². The summed E-state index contributed by atoms with van der Waals surface area (Å²) in [5, 5.41) is 14.7. The molecular formula is C19H16N6O3S. The van der Waals surface area contributed by atoms with E-state index in [1.165, 1.54) is 37.5 Å². The minimum atomic E-state index is -3.76. The SMILES string of the molecule is CC(=O)Nc1ccc(S(=O)(=O)Nc2ccc(-c3ccc4nncn4n3)cc2)cc1. The van der Waals surface area contributed by atoms with Gasteiger partial charge in [0.1, 0.15) is 6.33 Å². The van der Waals surface area contributed by atoms with Crippen molar-refractivity contribution in [2.75, 3.05) is 10.0 Å². The van der Waals surface area contributed by atoms with Gasteiger partial charge >= 0.3 is 0 Å². The van der Waals surface area contributed by atoms with Gasteiger partial charge in [-0.15, -0.1) is 10.2 Å². The molecule has 9 nitrogen and oxygen atoms in total. The number of sulfonamides is 1. The van der Waals surface area contributed by atoms with Gasteiger partial charge < -0.3 is 5.32 Å². The van der Waals surface area contributed by atoms with E-state index in [1.54, 1.807) is 34.8 Å². The zero-order valence-electron chi connectivity index (χ0n) is 15.3. The van der Waals surface area contributed by atoms with Crippen LogP contribution in [0, 0.1) is 0 Å². The van der Waals surface area contributed by atoms with Crippen molar-refractivity contribution < 1.29 is 13.2 Å². The molecule has 0 aliphatic rings. The molecule has 0 aliphatic heterocycles. The molecule has 0 bridgehead atoms. The topological polar surface area (TPSA) is 118 Å². The molecule has 1 amide bonds. The zero-order valence-corrected chi connectivity index (χ0v) is 16.1. The average Bonchev–Trinajstić information content (AvgIpc) is 3.16. The predicted octanol–water partition coefficient (Wildman–Crippen LogP) is 2.55. The lowest BCUT2D eigenvalue weighted by Crippen LogP contribution is -2.13. The Morgan fingerprint density at radius 2 is 1.62 bits per heavy atom. The fourth-order valence-corrected chi connectivity index (χ4v) is 3.78. The van der Waals surface area contributed by atoms with Gasteiger partial charge in [0.2, 0.25) is 5.91 Å². The average molecular weight is 408 g/mol. The summed E-state index contributed by atoms with van der Waals surface area (Å²) in [5.41, 5.74) is 3.12. The lowest BCUT2D eigenvalue weighted by molar-refractivity contribution is -0.114. The molecule has 2 aromatic carbocycles. The van der Waals surface area contributed by atoms with Crippen LogP contribution < -0.4 is 10.0 Å². The molecular weight excluding hydrogens is 392 g/mol. The Morgan fingerprint density at radius 3 is 2.31 bits per heavy atom. The minimum absolute atomic E-state index is 0.0930. The second kappa shape index (κ2) is 7.32. The molecule has 2 aromatic heterocycles. The van der Waals surface area contributed by atoms with E-state index >= 15 is 0 Å². The van der Waals surface area contributed by atoms with Crippen LogP contribution in [0.3, 0.4) is 0 Å². The first-order valence-electron chi connectivity index (χ1n) is 8.59. The maximum absolute atomic E-state index is 12.6. The second-order valence-electron chi connectivity index (χ2n) is 6.24. The Bertz CT molecular complexity index is 1280. The summed E-state index contributed by atoms with van der Waals surface area (Å²) in [4.78, 5) is 11.2. The largest absolute Gasteiger partial charge is 0.326 e. The van der Waals surface area contributed by atoms with E-state index in [0.29, 0.717) is 22.7 Å². The first kappa shape index (κ1) is 18.6. The number of carbonyl (C=O) groups is 1. The number of nitrogens with one attached hydrogen (secondary N) is 2. The maximum Gasteiger partial charge on any atom is 0.261 e. The predicted molar refractivity (Wildman–Crippen MR) is 108 cm³/mol. The lowest BCUT2D eigenvalue weighted by atomic mass is 10.1. The van der Waals surface area contributed by atoms with Gasteiger partial charge in [-0.3, -0.25) is 9.52 Å². The van der Waals surface area contributed by atoms with Crippen molar-refractivity contribution in [2.24, 2.45) is 0 Å². The Balaban J connectivity index is 1.52. The van der Waals surface area contributed by atoms with E-state index in [4.69, 9.17) is 0 Å². The van der Waals surface area contributed by atoms with E-state index in [0.717, 1.165) is 5.56 Å². The van der Waals surface area contributed by atoms with Gasteiger partial charge in [-0.05, 0) is 48.5 Å². The quantitative estimate of drug-likeness (QED) is 0.524. The van der Waals surface area contributed by atoms with Crippen LogP contribution >= 0.6 is 0 Å². The molecule has 2 N–H and O–H groups in total. The molecule has 4 aromatic rings. The van der Waals surface area contributed by atoms with Crippen LogP contribution in [0.2, 0.25) is 0 Å². The van der Waals surface area contributed by atoms with E-state index in [-0.39, 0.29) is 10.8 Å². The Kier molecular flexibility index (Phi) is 4.69. The summed E-state index contributed by atoms with van der Waals surface area (Å²) in [5.74, 6) is -0.225. The fraction of sp³-hybridized carbons (Fsp3) is 0.0526. The number of nitrogens with zero attached hydrogens (tertiary/aromatic N) is 4. The van der Waals surface area contributed by atoms with Crippen molar-refractivity contribution >= 4 is 33.0 Å². The number of anilines is 2. The molecule has 0 radical (unpaired) electrons. The molecule has 10 heteroatoms. The molecule has 0 spiro atoms. The number of amides is 1. The summed E-state index contributed by atoms with van der Waals surface area (Å²) in [6.07, 6.45) is 1.51. The summed E-state index contributed by atoms with van der Waals surface area (Å²) in [6, 6.07) is 16.4. The van der Waals surface area contributed by atoms with Crippen LogP contribution in [0.15, 0.2) is 71.9 Å². The van der Waals surface area contributed by atoms with Gasteiger partial charge in [-0.2, -0.15) is 9.61 Å². The van der Waals surface area contributed by atoms with Crippen molar-refractivity contribution in [2.45, 2.75) is 11.8 Å². The van der Waals surface area contributed by atoms with E-state index in [9.17, 15) is 13.2 Å². The standard InChI is InChI=1S/C19H16N6O3S/c1-13(26)21-15-6-8-17(9-7-15)29(27,28)24-16-4-2-14(3-5-16)18-10-11-19-22-20-12-25(19)23-18/h2-12,24H,1H3,(H,21,26). The number of hydrogen-bond acceptors (Lipinski definition) is 6. The molecule has 29 heavy (non-hydrogen) atoms. The van der Waals surface area contributed by atoms with Gasteiger partial charge in [0.05, 0.1) is 10.6 Å². The summed E-state index contributed by atoms with van der Waals surface area (Å²) >= 11 is 0. The Morgan fingerprint density at radius 1 is 0.931 bits per heavy atom. The number of fused-ring (bicyclic) bond motifs is 1. The van der Waals surface area contributed by atoms with Gasteiger partial charge in [0, 0.05) is 23.9 Å². The van der Waals surface area contributed by atoms with Gasteiger partial charge in [-0.1, -0.05) is 12.1 Å². The fourth-order valence-electron chi connectivity index (χ4n) is 2.73. The van der Waals surface area contributed by atoms with E-state index in [2.05, 4.69) is 25.3 Å². The molecule has 0 saturated heterocycles. The van der Waals surface area contributed by atoms with Crippen LogP contribution in [0.25, 0.3) is 16.9 Å². The highest BCUT2D eigenvalue weighted by Gasteiger charge is 2.14. The molecule has 0 atom stereocenters. The van der Waals surface area contributed by atoms with Crippen molar-refractivity contribution in [3.8, 4) is 11.3 Å². The number of benzene rings is 2. The first-order chi connectivity index (χ1) is 13.9. The zero-order chi connectivity index (χ0) is 20.4. The second-order valence-corrected chi connectivity index (χ2v) is 7.92. The van der Waals surface area contributed by atoms with Crippen LogP contribution in [0.5, 0.6) is 0 Å². The molecule has 0 saturated carbocycles. The molecule has 4 rings (SSSR count). The van der Waals surface area contributed by atoms with Gasteiger partial charge in [0.15, 0.2) is 5.65 Å². The highest BCUT2D eigenvalue weighted by molar-refractivity contribution is 7.92. The Hall–Kier alpha value is -3.79. The molecule has 146 valence electrons. The Labute approximate surface area is 166 Å². The minimum Gasteiger partial charge on any atom is -0.326 e. The normalized spacial score (nSPS) is 11.3. The molecule has 0 unspecified atom stereocenters. The third kappa shape index (κ3) is 4.06. The summed E-state index contributed by atoms with van der Waals surface area (Å²) < 4.78 is 29.3.